The maximum atomic E-state index is 12.0. The minimum atomic E-state index is -0.492. The fourth-order valence-corrected chi connectivity index (χ4v) is 2.09. The minimum Gasteiger partial charge on any atom is -0.444 e. The summed E-state index contributed by atoms with van der Waals surface area (Å²) in [6.07, 6.45) is 0.342. The largest absolute Gasteiger partial charge is 0.444 e. The molecule has 0 spiro atoms. The lowest BCUT2D eigenvalue weighted by Crippen LogP contribution is -2.40. The number of fused-ring (bicyclic) bond motifs is 1. The maximum absolute atomic E-state index is 12.0. The van der Waals surface area contributed by atoms with Crippen molar-refractivity contribution < 1.29 is 14.3 Å². The van der Waals surface area contributed by atoms with Gasteiger partial charge < -0.3 is 9.64 Å². The Balaban J connectivity index is 2.12. The SMILES string of the molecule is CC(=O)c1ccc2c(n1)CCN(C(=O)OC(C)(C)C)C2. The first-order valence-corrected chi connectivity index (χ1v) is 6.74. The van der Waals surface area contributed by atoms with Gasteiger partial charge in [-0.3, -0.25) is 4.79 Å². The summed E-state index contributed by atoms with van der Waals surface area (Å²) in [5.74, 6) is -0.0395. The molecular formula is C15H20N2O3. The van der Waals surface area contributed by atoms with Gasteiger partial charge in [0.05, 0.1) is 6.54 Å². The van der Waals surface area contributed by atoms with E-state index in [0.717, 1.165) is 11.3 Å². The van der Waals surface area contributed by atoms with Crippen LogP contribution in [0.5, 0.6) is 0 Å². The van der Waals surface area contributed by atoms with Gasteiger partial charge in [-0.2, -0.15) is 0 Å². The van der Waals surface area contributed by atoms with Gasteiger partial charge >= 0.3 is 6.09 Å². The number of rotatable bonds is 1. The summed E-state index contributed by atoms with van der Waals surface area (Å²) < 4.78 is 5.37. The summed E-state index contributed by atoms with van der Waals surface area (Å²) in [7, 11) is 0. The van der Waals surface area contributed by atoms with Gasteiger partial charge in [-0.15, -0.1) is 0 Å². The van der Waals surface area contributed by atoms with Crippen LogP contribution in [-0.2, 0) is 17.7 Å². The van der Waals surface area contributed by atoms with Crippen molar-refractivity contribution in [1.82, 2.24) is 9.88 Å². The summed E-state index contributed by atoms with van der Waals surface area (Å²) in [5, 5.41) is 0. The monoisotopic (exact) mass is 276 g/mol. The number of ketones is 1. The van der Waals surface area contributed by atoms with Crippen LogP contribution in [0, 0.1) is 0 Å². The molecule has 1 aromatic heterocycles. The number of carbonyl (C=O) groups is 2. The standard InChI is InChI=1S/C15H20N2O3/c1-10(18)12-6-5-11-9-17(8-7-13(11)16-12)14(19)20-15(2,3)4/h5-6H,7-9H2,1-4H3. The lowest BCUT2D eigenvalue weighted by Gasteiger charge is -2.30. The van der Waals surface area contributed by atoms with E-state index in [9.17, 15) is 9.59 Å². The first kappa shape index (κ1) is 14.5. The Labute approximate surface area is 118 Å². The van der Waals surface area contributed by atoms with Gasteiger partial charge in [-0.25, -0.2) is 9.78 Å². The lowest BCUT2D eigenvalue weighted by molar-refractivity contribution is 0.0222. The Morgan fingerprint density at radius 1 is 1.30 bits per heavy atom. The molecule has 0 radical (unpaired) electrons. The summed E-state index contributed by atoms with van der Waals surface area (Å²) in [5.41, 5.74) is 1.87. The smallest absolute Gasteiger partial charge is 0.410 e. The molecule has 0 unspecified atom stereocenters. The molecule has 0 atom stereocenters. The number of nitrogens with zero attached hydrogens (tertiary/aromatic N) is 2. The van der Waals surface area contributed by atoms with E-state index in [1.54, 1.807) is 11.0 Å². The third kappa shape index (κ3) is 3.35. The summed E-state index contributed by atoms with van der Waals surface area (Å²) >= 11 is 0. The molecule has 1 amide bonds. The highest BCUT2D eigenvalue weighted by atomic mass is 16.6. The number of hydrogen-bond acceptors (Lipinski definition) is 4. The normalized spacial score (nSPS) is 14.7. The van der Waals surface area contributed by atoms with E-state index in [2.05, 4.69) is 4.98 Å². The maximum Gasteiger partial charge on any atom is 0.410 e. The van der Waals surface area contributed by atoms with E-state index in [1.165, 1.54) is 6.92 Å². The molecule has 108 valence electrons. The van der Waals surface area contributed by atoms with Crippen LogP contribution in [0.1, 0.15) is 49.4 Å². The van der Waals surface area contributed by atoms with Crippen LogP contribution in [0.25, 0.3) is 0 Å². The van der Waals surface area contributed by atoms with Crippen LogP contribution in [0.2, 0.25) is 0 Å². The molecule has 0 aromatic carbocycles. The van der Waals surface area contributed by atoms with E-state index in [-0.39, 0.29) is 11.9 Å². The van der Waals surface area contributed by atoms with Crippen molar-refractivity contribution in [3.05, 3.63) is 29.1 Å². The molecule has 1 aliphatic heterocycles. The second kappa shape index (κ2) is 5.23. The predicted octanol–water partition coefficient (Wildman–Crippen LogP) is 2.58. The molecule has 5 nitrogen and oxygen atoms in total. The van der Waals surface area contributed by atoms with Crippen molar-refractivity contribution in [2.45, 2.75) is 46.3 Å². The summed E-state index contributed by atoms with van der Waals surface area (Å²) in [6.45, 7) is 8.10. The van der Waals surface area contributed by atoms with Gasteiger partial charge in [0.1, 0.15) is 11.3 Å². The van der Waals surface area contributed by atoms with Gasteiger partial charge in [-0.05, 0) is 32.4 Å². The Bertz CT molecular complexity index is 547. The van der Waals surface area contributed by atoms with E-state index in [4.69, 9.17) is 4.74 Å². The van der Waals surface area contributed by atoms with E-state index < -0.39 is 5.60 Å². The van der Waals surface area contributed by atoms with E-state index >= 15 is 0 Å². The molecule has 0 saturated heterocycles. The molecule has 0 N–H and O–H groups in total. The number of Topliss-reactive ketones (excluding diaryl/α,β-unsaturated/α-hetero) is 1. The zero-order valence-electron chi connectivity index (χ0n) is 12.4. The van der Waals surface area contributed by atoms with Crippen LogP contribution in [0.4, 0.5) is 4.79 Å². The Kier molecular flexibility index (Phi) is 3.79. The van der Waals surface area contributed by atoms with Crippen molar-refractivity contribution in [3.63, 3.8) is 0 Å². The number of hydrogen-bond donors (Lipinski definition) is 0. The number of pyridine rings is 1. The molecule has 0 aliphatic carbocycles. The molecule has 1 aliphatic rings. The van der Waals surface area contributed by atoms with Crippen molar-refractivity contribution in [2.75, 3.05) is 6.54 Å². The van der Waals surface area contributed by atoms with Gasteiger partial charge in [0.25, 0.3) is 0 Å². The lowest BCUT2D eigenvalue weighted by atomic mass is 10.0. The number of amides is 1. The van der Waals surface area contributed by atoms with Gasteiger partial charge in [-0.1, -0.05) is 6.07 Å². The highest BCUT2D eigenvalue weighted by Crippen LogP contribution is 2.20. The molecule has 0 fully saturated rings. The first-order valence-electron chi connectivity index (χ1n) is 6.74. The number of carbonyl (C=O) groups excluding carboxylic acids is 2. The average Bonchev–Trinajstić information content (AvgIpc) is 2.35. The van der Waals surface area contributed by atoms with Crippen LogP contribution >= 0.6 is 0 Å². The van der Waals surface area contributed by atoms with Crippen LogP contribution in [-0.4, -0.2) is 33.9 Å². The second-order valence-corrected chi connectivity index (χ2v) is 6.01. The van der Waals surface area contributed by atoms with Crippen molar-refractivity contribution in [3.8, 4) is 0 Å². The molecule has 2 heterocycles. The Morgan fingerprint density at radius 2 is 2.00 bits per heavy atom. The topological polar surface area (TPSA) is 59.5 Å². The minimum absolute atomic E-state index is 0.0395. The third-order valence-corrected chi connectivity index (χ3v) is 3.06. The third-order valence-electron chi connectivity index (χ3n) is 3.06. The Hall–Kier alpha value is -1.91. The van der Waals surface area contributed by atoms with Crippen LogP contribution in [0.15, 0.2) is 12.1 Å². The van der Waals surface area contributed by atoms with Gasteiger partial charge in [0.2, 0.25) is 0 Å². The molecule has 5 heteroatoms. The first-order chi connectivity index (χ1) is 9.26. The summed E-state index contributed by atoms with van der Waals surface area (Å²) in [6, 6.07) is 3.58. The molecule has 0 saturated carbocycles. The number of ether oxygens (including phenoxy) is 1. The van der Waals surface area contributed by atoms with Crippen molar-refractivity contribution >= 4 is 11.9 Å². The average molecular weight is 276 g/mol. The van der Waals surface area contributed by atoms with Gasteiger partial charge in [0.15, 0.2) is 5.78 Å². The molecule has 2 rings (SSSR count). The van der Waals surface area contributed by atoms with E-state index in [1.807, 2.05) is 26.8 Å². The zero-order valence-corrected chi connectivity index (χ0v) is 12.4. The highest BCUT2D eigenvalue weighted by Gasteiger charge is 2.26. The van der Waals surface area contributed by atoms with Crippen molar-refractivity contribution in [2.24, 2.45) is 0 Å². The summed E-state index contributed by atoms with van der Waals surface area (Å²) in [4.78, 5) is 29.4. The molecule has 0 bridgehead atoms. The second-order valence-electron chi connectivity index (χ2n) is 6.01. The van der Waals surface area contributed by atoms with Crippen molar-refractivity contribution in [1.29, 1.82) is 0 Å². The molecule has 1 aromatic rings. The molecule has 20 heavy (non-hydrogen) atoms. The molecular weight excluding hydrogens is 256 g/mol. The van der Waals surface area contributed by atoms with Crippen LogP contribution in [0.3, 0.4) is 0 Å². The predicted molar refractivity (Wildman–Crippen MR) is 74.6 cm³/mol. The fourth-order valence-electron chi connectivity index (χ4n) is 2.09. The van der Waals surface area contributed by atoms with E-state index in [0.29, 0.717) is 25.2 Å². The zero-order chi connectivity index (χ0) is 14.9. The van der Waals surface area contributed by atoms with Crippen LogP contribution < -0.4 is 0 Å². The number of aromatic nitrogens is 1. The van der Waals surface area contributed by atoms with Gasteiger partial charge in [0, 0.05) is 25.6 Å². The highest BCUT2D eigenvalue weighted by molar-refractivity contribution is 5.92. The quantitative estimate of drug-likeness (QED) is 0.740. The Morgan fingerprint density at radius 3 is 2.60 bits per heavy atom. The fraction of sp³-hybridized carbons (Fsp3) is 0.533.